The van der Waals surface area contributed by atoms with E-state index < -0.39 is 0 Å². The van der Waals surface area contributed by atoms with Gasteiger partial charge < -0.3 is 5.73 Å². The molecule has 2 N–H and O–H groups in total. The van der Waals surface area contributed by atoms with Crippen molar-refractivity contribution in [1.82, 2.24) is 0 Å². The maximum Gasteiger partial charge on any atom is 0.00956 e. The van der Waals surface area contributed by atoms with Crippen molar-refractivity contribution in [3.05, 3.63) is 0 Å². The van der Waals surface area contributed by atoms with Crippen LogP contribution in [-0.4, -0.2) is 6.04 Å². The van der Waals surface area contributed by atoms with E-state index in [4.69, 9.17) is 5.73 Å². The van der Waals surface area contributed by atoms with Crippen LogP contribution in [0.4, 0.5) is 0 Å². The van der Waals surface area contributed by atoms with Gasteiger partial charge in [0.15, 0.2) is 0 Å². The van der Waals surface area contributed by atoms with E-state index in [2.05, 4.69) is 0 Å². The Hall–Kier alpha value is -0.0400. The summed E-state index contributed by atoms with van der Waals surface area (Å²) < 4.78 is 0. The van der Waals surface area contributed by atoms with Crippen LogP contribution in [0.3, 0.4) is 0 Å². The molecule has 2 rings (SSSR count). The summed E-state index contributed by atoms with van der Waals surface area (Å²) in [6, 6.07) is 0.593. The van der Waals surface area contributed by atoms with E-state index in [1.807, 2.05) is 13.8 Å². The Kier molecular flexibility index (Phi) is 2.72. The topological polar surface area (TPSA) is 26.0 Å². The first-order chi connectivity index (χ1) is 4.88. The van der Waals surface area contributed by atoms with E-state index in [0.717, 1.165) is 11.8 Å². The van der Waals surface area contributed by atoms with Crippen LogP contribution >= 0.6 is 0 Å². The molecule has 0 aromatic carbocycles. The summed E-state index contributed by atoms with van der Waals surface area (Å²) in [5.74, 6) is 1.83. The summed E-state index contributed by atoms with van der Waals surface area (Å²) in [5, 5.41) is 0. The van der Waals surface area contributed by atoms with Gasteiger partial charge in [-0.05, 0) is 37.5 Å². The molecule has 2 bridgehead atoms. The Bertz CT molecular complexity index is 80.9. The minimum Gasteiger partial charge on any atom is -0.327 e. The van der Waals surface area contributed by atoms with Gasteiger partial charge in [-0.2, -0.15) is 0 Å². The van der Waals surface area contributed by atoms with Crippen molar-refractivity contribution in [2.75, 3.05) is 0 Å². The molecule has 2 fully saturated rings. The van der Waals surface area contributed by atoms with E-state index in [-0.39, 0.29) is 0 Å². The summed E-state index contributed by atoms with van der Waals surface area (Å²) in [4.78, 5) is 0. The number of rotatable bonds is 0. The van der Waals surface area contributed by atoms with Gasteiger partial charge in [0.1, 0.15) is 0 Å². The van der Waals surface area contributed by atoms with E-state index in [1.165, 1.54) is 25.7 Å². The summed E-state index contributed by atoms with van der Waals surface area (Å²) in [7, 11) is 0. The van der Waals surface area contributed by atoms with Crippen molar-refractivity contribution in [3.63, 3.8) is 0 Å². The summed E-state index contributed by atoms with van der Waals surface area (Å²) in [6.45, 7) is 4.00. The Morgan fingerprint density at radius 3 is 1.30 bits per heavy atom. The Morgan fingerprint density at radius 2 is 1.20 bits per heavy atom. The molecule has 1 nitrogen and oxygen atoms in total. The zero-order valence-corrected chi connectivity index (χ0v) is 7.14. The van der Waals surface area contributed by atoms with Crippen molar-refractivity contribution >= 4 is 0 Å². The fraction of sp³-hybridized carbons (Fsp3) is 1.00. The average Bonchev–Trinajstić information content (AvgIpc) is 2.53. The van der Waals surface area contributed by atoms with Crippen LogP contribution in [0.2, 0.25) is 0 Å². The zero-order chi connectivity index (χ0) is 7.56. The van der Waals surface area contributed by atoms with Gasteiger partial charge in [-0.15, -0.1) is 0 Å². The molecule has 2 saturated carbocycles. The quantitative estimate of drug-likeness (QED) is 0.549. The highest BCUT2D eigenvalue weighted by molar-refractivity contribution is 4.93. The third-order valence-corrected chi connectivity index (χ3v) is 2.91. The summed E-state index contributed by atoms with van der Waals surface area (Å²) in [5.41, 5.74) is 5.88. The monoisotopic (exact) mass is 141 g/mol. The van der Waals surface area contributed by atoms with Gasteiger partial charge in [0.05, 0.1) is 0 Å². The number of nitrogens with two attached hydrogens (primary N) is 1. The second-order valence-corrected chi connectivity index (χ2v) is 3.25. The van der Waals surface area contributed by atoms with Gasteiger partial charge in [-0.25, -0.2) is 0 Å². The van der Waals surface area contributed by atoms with Crippen LogP contribution in [0, 0.1) is 11.8 Å². The molecule has 0 aromatic rings. The molecule has 0 aromatic heterocycles. The third-order valence-electron chi connectivity index (χ3n) is 2.91. The number of fused-ring (bicyclic) bond motifs is 2. The van der Waals surface area contributed by atoms with Gasteiger partial charge in [0.2, 0.25) is 0 Å². The SMILES string of the molecule is CC.NC1C2CCC1CC2. The molecule has 0 atom stereocenters. The molecular weight excluding hydrogens is 122 g/mol. The van der Waals surface area contributed by atoms with Crippen molar-refractivity contribution in [2.45, 2.75) is 45.6 Å². The Labute approximate surface area is 64.0 Å². The predicted molar refractivity (Wildman–Crippen MR) is 44.8 cm³/mol. The highest BCUT2D eigenvalue weighted by Gasteiger charge is 2.38. The normalized spacial score (nSPS) is 42.9. The first-order valence-electron chi connectivity index (χ1n) is 4.63. The van der Waals surface area contributed by atoms with Crippen LogP contribution in [0.5, 0.6) is 0 Å². The fourth-order valence-electron chi connectivity index (χ4n) is 2.30. The standard InChI is InChI=1S/C7H13N.C2H6/c8-7-5-1-2-6(7)4-3-5;1-2/h5-7H,1-4,8H2;1-2H3. The molecule has 0 heterocycles. The maximum atomic E-state index is 5.88. The van der Waals surface area contributed by atoms with Gasteiger partial charge >= 0.3 is 0 Å². The first kappa shape index (κ1) is 8.06. The molecule has 2 aliphatic rings. The van der Waals surface area contributed by atoms with E-state index in [9.17, 15) is 0 Å². The zero-order valence-electron chi connectivity index (χ0n) is 7.14. The van der Waals surface area contributed by atoms with Crippen molar-refractivity contribution in [2.24, 2.45) is 17.6 Å². The molecule has 0 spiro atoms. The van der Waals surface area contributed by atoms with Gasteiger partial charge in [0.25, 0.3) is 0 Å². The molecule has 2 aliphatic carbocycles. The second-order valence-electron chi connectivity index (χ2n) is 3.25. The predicted octanol–water partition coefficient (Wildman–Crippen LogP) is 2.16. The lowest BCUT2D eigenvalue weighted by molar-refractivity contribution is 0.480. The van der Waals surface area contributed by atoms with Crippen LogP contribution in [-0.2, 0) is 0 Å². The largest absolute Gasteiger partial charge is 0.327 e. The molecule has 1 heteroatoms. The molecule has 0 aliphatic heterocycles. The van der Waals surface area contributed by atoms with Crippen LogP contribution in [0.25, 0.3) is 0 Å². The lowest BCUT2D eigenvalue weighted by Gasteiger charge is -2.05. The number of hydrogen-bond acceptors (Lipinski definition) is 1. The molecule has 60 valence electrons. The Morgan fingerprint density at radius 1 is 0.900 bits per heavy atom. The summed E-state index contributed by atoms with van der Waals surface area (Å²) >= 11 is 0. The molecule has 0 unspecified atom stereocenters. The van der Waals surface area contributed by atoms with Crippen molar-refractivity contribution in [3.8, 4) is 0 Å². The molecule has 0 radical (unpaired) electrons. The van der Waals surface area contributed by atoms with E-state index >= 15 is 0 Å². The maximum absolute atomic E-state index is 5.88. The highest BCUT2D eigenvalue weighted by atomic mass is 14.7. The molecular formula is C9H19N. The van der Waals surface area contributed by atoms with E-state index in [1.54, 1.807) is 0 Å². The summed E-state index contributed by atoms with van der Waals surface area (Å²) in [6.07, 6.45) is 5.69. The van der Waals surface area contributed by atoms with E-state index in [0.29, 0.717) is 6.04 Å². The first-order valence-corrected chi connectivity index (χ1v) is 4.63. The fourth-order valence-corrected chi connectivity index (χ4v) is 2.30. The molecule has 0 amide bonds. The van der Waals surface area contributed by atoms with Crippen LogP contribution in [0.15, 0.2) is 0 Å². The van der Waals surface area contributed by atoms with Crippen LogP contribution in [0.1, 0.15) is 39.5 Å². The Balaban J connectivity index is 0.000000231. The average molecular weight is 141 g/mol. The lowest BCUT2D eigenvalue weighted by Crippen LogP contribution is -2.24. The van der Waals surface area contributed by atoms with Gasteiger partial charge in [-0.1, -0.05) is 13.8 Å². The van der Waals surface area contributed by atoms with Crippen LogP contribution < -0.4 is 5.73 Å². The van der Waals surface area contributed by atoms with Gasteiger partial charge in [-0.3, -0.25) is 0 Å². The minimum atomic E-state index is 0.593. The smallest absolute Gasteiger partial charge is 0.00956 e. The highest BCUT2D eigenvalue weighted by Crippen LogP contribution is 2.43. The molecule has 0 saturated heterocycles. The second kappa shape index (κ2) is 3.38. The van der Waals surface area contributed by atoms with Crippen molar-refractivity contribution < 1.29 is 0 Å². The minimum absolute atomic E-state index is 0.593. The van der Waals surface area contributed by atoms with Gasteiger partial charge in [0, 0.05) is 6.04 Å². The molecule has 10 heavy (non-hydrogen) atoms. The lowest BCUT2D eigenvalue weighted by atomic mass is 10.0. The third kappa shape index (κ3) is 1.20. The number of hydrogen-bond donors (Lipinski definition) is 1. The van der Waals surface area contributed by atoms with Crippen molar-refractivity contribution in [1.29, 1.82) is 0 Å².